The summed E-state index contributed by atoms with van der Waals surface area (Å²) in [5.41, 5.74) is 5.92. The van der Waals surface area contributed by atoms with Gasteiger partial charge in [-0.1, -0.05) is 32.6 Å². The Morgan fingerprint density at radius 2 is 1.73 bits per heavy atom. The van der Waals surface area contributed by atoms with E-state index in [4.69, 9.17) is 15.2 Å². The van der Waals surface area contributed by atoms with E-state index in [1.165, 1.54) is 30.3 Å². The van der Waals surface area contributed by atoms with Crippen molar-refractivity contribution in [1.82, 2.24) is 9.88 Å². The number of aromatic nitrogens is 1. The molecular formula is C30H34F3N3O4. The predicted molar refractivity (Wildman–Crippen MR) is 149 cm³/mol. The van der Waals surface area contributed by atoms with E-state index in [2.05, 4.69) is 11.9 Å². The van der Waals surface area contributed by atoms with Crippen LogP contribution in [0.1, 0.15) is 44.7 Å². The molecule has 0 saturated carbocycles. The van der Waals surface area contributed by atoms with Crippen LogP contribution in [0.4, 0.5) is 19.0 Å². The van der Waals surface area contributed by atoms with Crippen molar-refractivity contribution in [2.75, 3.05) is 25.5 Å². The molecule has 7 nitrogen and oxygen atoms in total. The van der Waals surface area contributed by atoms with Gasteiger partial charge in [0.1, 0.15) is 29.1 Å². The maximum absolute atomic E-state index is 15.2. The number of anilines is 1. The number of nitrogens with two attached hydrogens (primary N) is 1. The van der Waals surface area contributed by atoms with Gasteiger partial charge in [-0.15, -0.1) is 0 Å². The largest absolute Gasteiger partial charge is 0.493 e. The van der Waals surface area contributed by atoms with Crippen LogP contribution in [-0.2, 0) is 9.53 Å². The van der Waals surface area contributed by atoms with Gasteiger partial charge < -0.3 is 20.5 Å². The number of ether oxygens (including phenoxy) is 2. The minimum absolute atomic E-state index is 0.0682. The zero-order chi connectivity index (χ0) is 29.4. The highest BCUT2D eigenvalue weighted by Crippen LogP contribution is 2.30. The maximum Gasteiger partial charge on any atom is 0.323 e. The first kappa shape index (κ1) is 30.5. The van der Waals surface area contributed by atoms with Gasteiger partial charge in [0, 0.05) is 23.8 Å². The van der Waals surface area contributed by atoms with Gasteiger partial charge in [0.15, 0.2) is 11.6 Å². The topological polar surface area (TPSA) is 95.6 Å². The minimum Gasteiger partial charge on any atom is -0.493 e. The SMILES string of the molecule is C=C(c1ccc(F)cc1)c1ccc(=O)n(-c2c(F)cc(OCCCN[C@@H](CC(C)C)C(=O)OCC)cc2F)c1N. The van der Waals surface area contributed by atoms with Gasteiger partial charge in [0.25, 0.3) is 5.56 Å². The highest BCUT2D eigenvalue weighted by Gasteiger charge is 2.21. The van der Waals surface area contributed by atoms with Gasteiger partial charge in [-0.05, 0) is 61.6 Å². The first-order chi connectivity index (χ1) is 19.0. The van der Waals surface area contributed by atoms with Crippen molar-refractivity contribution < 1.29 is 27.4 Å². The summed E-state index contributed by atoms with van der Waals surface area (Å²) >= 11 is 0. The Bertz CT molecular complexity index is 1380. The van der Waals surface area contributed by atoms with Crippen LogP contribution >= 0.6 is 0 Å². The third-order valence-corrected chi connectivity index (χ3v) is 6.12. The molecule has 3 aromatic rings. The quantitative estimate of drug-likeness (QED) is 0.221. The second-order valence-electron chi connectivity index (χ2n) is 9.62. The molecule has 2 aromatic carbocycles. The number of benzene rings is 2. The number of carbonyl (C=O) groups is 1. The molecule has 1 atom stereocenters. The molecule has 0 aliphatic heterocycles. The number of hydrogen-bond donors (Lipinski definition) is 2. The lowest BCUT2D eigenvalue weighted by Crippen LogP contribution is -2.40. The van der Waals surface area contributed by atoms with E-state index in [1.54, 1.807) is 6.92 Å². The monoisotopic (exact) mass is 557 g/mol. The third-order valence-electron chi connectivity index (χ3n) is 6.12. The molecule has 1 aromatic heterocycles. The number of hydrogen-bond acceptors (Lipinski definition) is 6. The predicted octanol–water partition coefficient (Wildman–Crippen LogP) is 5.23. The van der Waals surface area contributed by atoms with Crippen LogP contribution in [0.15, 0.2) is 59.9 Å². The Labute approximate surface area is 231 Å². The van der Waals surface area contributed by atoms with Gasteiger partial charge in [-0.3, -0.25) is 14.2 Å². The van der Waals surface area contributed by atoms with Gasteiger partial charge >= 0.3 is 5.97 Å². The molecule has 214 valence electrons. The van der Waals surface area contributed by atoms with E-state index in [0.29, 0.717) is 30.5 Å². The molecule has 0 saturated heterocycles. The first-order valence-electron chi connectivity index (χ1n) is 13.0. The number of esters is 1. The van der Waals surface area contributed by atoms with E-state index < -0.39 is 34.7 Å². The minimum atomic E-state index is -1.05. The zero-order valence-electron chi connectivity index (χ0n) is 22.8. The van der Waals surface area contributed by atoms with Crippen molar-refractivity contribution in [2.24, 2.45) is 5.92 Å². The van der Waals surface area contributed by atoms with Crippen LogP contribution in [0.2, 0.25) is 0 Å². The first-order valence-corrected chi connectivity index (χ1v) is 13.0. The van der Waals surface area contributed by atoms with Crippen LogP contribution in [-0.4, -0.2) is 36.3 Å². The fraction of sp³-hybridized carbons (Fsp3) is 0.333. The number of nitrogens with zero attached hydrogens (tertiary/aromatic N) is 1. The molecule has 0 amide bonds. The molecule has 0 aliphatic carbocycles. The number of pyridine rings is 1. The Morgan fingerprint density at radius 3 is 2.33 bits per heavy atom. The lowest BCUT2D eigenvalue weighted by atomic mass is 10.00. The van der Waals surface area contributed by atoms with Crippen LogP contribution < -0.4 is 21.3 Å². The number of nitrogen functional groups attached to an aromatic ring is 1. The lowest BCUT2D eigenvalue weighted by Gasteiger charge is -2.19. The summed E-state index contributed by atoms with van der Waals surface area (Å²) in [4.78, 5) is 24.8. The highest BCUT2D eigenvalue weighted by molar-refractivity contribution is 5.83. The molecular weight excluding hydrogens is 523 g/mol. The van der Waals surface area contributed by atoms with Crippen molar-refractivity contribution in [3.8, 4) is 11.4 Å². The van der Waals surface area contributed by atoms with Gasteiger partial charge in [-0.25, -0.2) is 13.2 Å². The molecule has 0 aliphatic rings. The van der Waals surface area contributed by atoms with Crippen molar-refractivity contribution in [3.05, 3.63) is 94.0 Å². The summed E-state index contributed by atoms with van der Waals surface area (Å²) in [5.74, 6) is -2.87. The molecule has 10 heteroatoms. The normalized spacial score (nSPS) is 11.9. The fourth-order valence-corrected chi connectivity index (χ4v) is 4.20. The van der Waals surface area contributed by atoms with Crippen molar-refractivity contribution in [3.63, 3.8) is 0 Å². The Hall–Kier alpha value is -4.05. The standard InChI is InChI=1S/C30H34F3N3O4/c1-5-39-30(38)26(15-18(2)3)35-13-6-14-40-22-16-24(32)28(25(33)17-22)36-27(37)12-11-23(29(36)34)19(4)20-7-9-21(31)10-8-20/h7-12,16-18,26,35H,4-6,13-15,34H2,1-3H3/t26-/m0/s1. The number of nitrogens with one attached hydrogen (secondary N) is 1. The Balaban J connectivity index is 1.73. The molecule has 0 bridgehead atoms. The fourth-order valence-electron chi connectivity index (χ4n) is 4.20. The summed E-state index contributed by atoms with van der Waals surface area (Å²) in [6.07, 6.45) is 1.07. The van der Waals surface area contributed by atoms with Gasteiger partial charge in [0.05, 0.1) is 13.2 Å². The van der Waals surface area contributed by atoms with Crippen LogP contribution in [0.25, 0.3) is 11.3 Å². The molecule has 1 heterocycles. The molecule has 0 fully saturated rings. The van der Waals surface area contributed by atoms with Crippen molar-refractivity contribution in [2.45, 2.75) is 39.7 Å². The van der Waals surface area contributed by atoms with Crippen LogP contribution in [0.3, 0.4) is 0 Å². The molecule has 0 spiro atoms. The third kappa shape index (κ3) is 7.53. The summed E-state index contributed by atoms with van der Waals surface area (Å²) in [7, 11) is 0. The zero-order valence-corrected chi connectivity index (χ0v) is 22.8. The van der Waals surface area contributed by atoms with E-state index in [9.17, 15) is 14.0 Å². The smallest absolute Gasteiger partial charge is 0.323 e. The molecule has 40 heavy (non-hydrogen) atoms. The summed E-state index contributed by atoms with van der Waals surface area (Å²) < 4.78 is 55.0. The van der Waals surface area contributed by atoms with Gasteiger partial charge in [0.2, 0.25) is 0 Å². The van der Waals surface area contributed by atoms with E-state index in [-0.39, 0.29) is 42.2 Å². The number of halogens is 3. The van der Waals surface area contributed by atoms with Crippen LogP contribution in [0.5, 0.6) is 5.75 Å². The number of carbonyl (C=O) groups excluding carboxylic acids is 1. The molecule has 0 radical (unpaired) electrons. The van der Waals surface area contributed by atoms with Crippen LogP contribution in [0, 0.1) is 23.4 Å². The Kier molecular flexibility index (Phi) is 10.6. The molecule has 0 unspecified atom stereocenters. The average molecular weight is 558 g/mol. The van der Waals surface area contributed by atoms with E-state index in [0.717, 1.165) is 22.8 Å². The van der Waals surface area contributed by atoms with Crippen molar-refractivity contribution in [1.29, 1.82) is 0 Å². The highest BCUT2D eigenvalue weighted by atomic mass is 19.1. The van der Waals surface area contributed by atoms with Crippen molar-refractivity contribution >= 4 is 17.4 Å². The summed E-state index contributed by atoms with van der Waals surface area (Å²) in [6.45, 7) is 10.5. The van der Waals surface area contributed by atoms with Gasteiger partial charge in [-0.2, -0.15) is 0 Å². The second kappa shape index (κ2) is 13.8. The molecule has 3 N–H and O–H groups in total. The summed E-state index contributed by atoms with van der Waals surface area (Å²) in [5, 5.41) is 3.14. The maximum atomic E-state index is 15.2. The van der Waals surface area contributed by atoms with E-state index in [1.807, 2.05) is 13.8 Å². The summed E-state index contributed by atoms with van der Waals surface area (Å²) in [6, 6.07) is 9.46. The second-order valence-corrected chi connectivity index (χ2v) is 9.62. The number of rotatable bonds is 13. The Morgan fingerprint density at radius 1 is 1.07 bits per heavy atom. The van der Waals surface area contributed by atoms with E-state index >= 15 is 8.78 Å². The lowest BCUT2D eigenvalue weighted by molar-refractivity contribution is -0.146. The average Bonchev–Trinajstić information content (AvgIpc) is 2.89. The molecule has 3 rings (SSSR count).